The van der Waals surface area contributed by atoms with E-state index in [2.05, 4.69) is 13.0 Å². The predicted molar refractivity (Wildman–Crippen MR) is 76.3 cm³/mol. The summed E-state index contributed by atoms with van der Waals surface area (Å²) in [6.07, 6.45) is 10.5. The van der Waals surface area contributed by atoms with Crippen molar-refractivity contribution in [1.29, 1.82) is 0 Å². The summed E-state index contributed by atoms with van der Waals surface area (Å²) in [6.45, 7) is 4.32. The van der Waals surface area contributed by atoms with Gasteiger partial charge in [-0.3, -0.25) is 4.79 Å². The molecule has 0 saturated carbocycles. The van der Waals surface area contributed by atoms with Crippen LogP contribution >= 0.6 is 0 Å². The lowest BCUT2D eigenvalue weighted by Crippen LogP contribution is -1.89. The average Bonchev–Trinajstić information content (AvgIpc) is 2.20. The summed E-state index contributed by atoms with van der Waals surface area (Å²) in [7, 11) is 0. The van der Waals surface area contributed by atoms with Crippen molar-refractivity contribution in [3.8, 4) is 0 Å². The fraction of sp³-hybridized carbons (Fsp3) is 0.643. The van der Waals surface area contributed by atoms with E-state index in [1.54, 1.807) is 6.08 Å². The SMILES string of the molecule is C.C.CC/C=C/CC(=O)O.CC/C=C/CCO. The second-order valence-corrected chi connectivity index (χ2v) is 2.87. The summed E-state index contributed by atoms with van der Waals surface area (Å²) < 4.78 is 0. The number of hydrogen-bond donors (Lipinski definition) is 2. The van der Waals surface area contributed by atoms with Gasteiger partial charge >= 0.3 is 5.97 Å². The quantitative estimate of drug-likeness (QED) is 0.695. The second kappa shape index (κ2) is 24.2. The topological polar surface area (TPSA) is 57.5 Å². The molecule has 3 nitrogen and oxygen atoms in total. The summed E-state index contributed by atoms with van der Waals surface area (Å²) >= 11 is 0. The number of carboxylic acids is 1. The number of carbonyl (C=O) groups is 1. The Morgan fingerprint density at radius 2 is 1.47 bits per heavy atom. The minimum Gasteiger partial charge on any atom is -0.481 e. The maximum absolute atomic E-state index is 9.82. The van der Waals surface area contributed by atoms with E-state index < -0.39 is 5.97 Å². The molecule has 0 radical (unpaired) electrons. The van der Waals surface area contributed by atoms with Crippen molar-refractivity contribution in [3.05, 3.63) is 24.3 Å². The second-order valence-electron chi connectivity index (χ2n) is 2.87. The van der Waals surface area contributed by atoms with Crippen LogP contribution in [0, 0.1) is 0 Å². The molecular weight excluding hydrogens is 216 g/mol. The first-order valence-corrected chi connectivity index (χ1v) is 5.31. The molecule has 0 fully saturated rings. The Balaban J connectivity index is -0.0000000896. The van der Waals surface area contributed by atoms with Gasteiger partial charge in [0.05, 0.1) is 6.42 Å². The molecule has 2 N–H and O–H groups in total. The van der Waals surface area contributed by atoms with Gasteiger partial charge in [0.1, 0.15) is 0 Å². The lowest BCUT2D eigenvalue weighted by molar-refractivity contribution is -0.136. The number of aliphatic carboxylic acids is 1. The molecule has 17 heavy (non-hydrogen) atoms. The summed E-state index contributed by atoms with van der Waals surface area (Å²) in [4.78, 5) is 9.82. The van der Waals surface area contributed by atoms with Gasteiger partial charge in [-0.2, -0.15) is 0 Å². The summed E-state index contributed by atoms with van der Waals surface area (Å²) in [5.74, 6) is -0.769. The van der Waals surface area contributed by atoms with E-state index in [1.807, 2.05) is 19.1 Å². The van der Waals surface area contributed by atoms with Crippen molar-refractivity contribution in [1.82, 2.24) is 0 Å². The van der Waals surface area contributed by atoms with E-state index in [-0.39, 0.29) is 27.9 Å². The van der Waals surface area contributed by atoms with E-state index >= 15 is 0 Å². The first-order chi connectivity index (χ1) is 7.18. The van der Waals surface area contributed by atoms with E-state index in [1.165, 1.54) is 0 Å². The van der Waals surface area contributed by atoms with Gasteiger partial charge in [0, 0.05) is 6.61 Å². The highest BCUT2D eigenvalue weighted by molar-refractivity contribution is 5.68. The Hall–Kier alpha value is -1.09. The van der Waals surface area contributed by atoms with E-state index in [9.17, 15) is 4.79 Å². The molecule has 0 aliphatic rings. The third kappa shape index (κ3) is 39.7. The molecule has 0 aromatic rings. The Morgan fingerprint density at radius 1 is 1.00 bits per heavy atom. The van der Waals surface area contributed by atoms with Gasteiger partial charge in [0.2, 0.25) is 0 Å². The van der Waals surface area contributed by atoms with E-state index in [4.69, 9.17) is 10.2 Å². The van der Waals surface area contributed by atoms with Gasteiger partial charge in [0.25, 0.3) is 0 Å². The molecule has 0 amide bonds. The van der Waals surface area contributed by atoms with Gasteiger partial charge in [-0.25, -0.2) is 0 Å². The van der Waals surface area contributed by atoms with Gasteiger partial charge in [0.15, 0.2) is 0 Å². The van der Waals surface area contributed by atoms with Crippen LogP contribution in [0.15, 0.2) is 24.3 Å². The Labute approximate surface area is 107 Å². The van der Waals surface area contributed by atoms with Crippen LogP contribution in [0.4, 0.5) is 0 Å². The number of carboxylic acid groups (broad SMARTS) is 1. The standard InChI is InChI=1S/C6H10O2.C6H12O.2CH4/c1-2-3-4-5-6(7)8;1-2-3-4-5-6-7;;/h3-4H,2,5H2,1H3,(H,7,8);3-4,7H,2,5-6H2,1H3;2*1H4/b2*4-3+;;. The van der Waals surface area contributed by atoms with Gasteiger partial charge in [-0.05, 0) is 19.3 Å². The maximum Gasteiger partial charge on any atom is 0.307 e. The van der Waals surface area contributed by atoms with Crippen LogP contribution in [0.25, 0.3) is 0 Å². The Kier molecular flexibility index (Phi) is 35.5. The third-order valence-electron chi connectivity index (χ3n) is 1.39. The molecule has 0 saturated heterocycles. The minimum atomic E-state index is -0.769. The molecule has 0 rings (SSSR count). The van der Waals surface area contributed by atoms with Gasteiger partial charge in [-0.1, -0.05) is 53.0 Å². The number of rotatable bonds is 6. The lowest BCUT2D eigenvalue weighted by Gasteiger charge is -1.80. The average molecular weight is 246 g/mol. The van der Waals surface area contributed by atoms with Crippen LogP contribution in [0.5, 0.6) is 0 Å². The highest BCUT2D eigenvalue weighted by atomic mass is 16.4. The van der Waals surface area contributed by atoms with Crippen molar-refractivity contribution in [2.24, 2.45) is 0 Å². The fourth-order valence-corrected chi connectivity index (χ4v) is 0.710. The molecule has 3 heteroatoms. The number of aliphatic hydroxyl groups excluding tert-OH is 1. The zero-order valence-electron chi connectivity index (χ0n) is 9.65. The normalized spacial score (nSPS) is 9.12. The molecule has 0 heterocycles. The van der Waals surface area contributed by atoms with E-state index in [0.717, 1.165) is 19.3 Å². The van der Waals surface area contributed by atoms with Crippen LogP contribution in [-0.2, 0) is 4.79 Å². The highest BCUT2D eigenvalue weighted by Crippen LogP contribution is 1.84. The molecule has 0 atom stereocenters. The molecule has 0 aliphatic carbocycles. The van der Waals surface area contributed by atoms with Crippen molar-refractivity contribution < 1.29 is 15.0 Å². The van der Waals surface area contributed by atoms with Gasteiger partial charge < -0.3 is 10.2 Å². The van der Waals surface area contributed by atoms with E-state index in [0.29, 0.717) is 0 Å². The molecule has 0 aliphatic heterocycles. The molecule has 0 spiro atoms. The van der Waals surface area contributed by atoms with Crippen LogP contribution < -0.4 is 0 Å². The maximum atomic E-state index is 9.82. The van der Waals surface area contributed by atoms with Crippen LogP contribution in [0.1, 0.15) is 54.4 Å². The molecule has 0 bridgehead atoms. The highest BCUT2D eigenvalue weighted by Gasteiger charge is 1.86. The van der Waals surface area contributed by atoms with Crippen molar-refractivity contribution in [2.45, 2.75) is 54.4 Å². The van der Waals surface area contributed by atoms with Crippen molar-refractivity contribution in [2.75, 3.05) is 6.61 Å². The first kappa shape index (κ1) is 24.9. The summed E-state index contributed by atoms with van der Waals surface area (Å²) in [6, 6.07) is 0. The smallest absolute Gasteiger partial charge is 0.307 e. The summed E-state index contributed by atoms with van der Waals surface area (Å²) in [5.41, 5.74) is 0. The zero-order valence-corrected chi connectivity index (χ0v) is 9.65. The molecule has 104 valence electrons. The Bertz CT molecular complexity index is 184. The van der Waals surface area contributed by atoms with Crippen LogP contribution in [0.3, 0.4) is 0 Å². The molecule has 0 aromatic carbocycles. The van der Waals surface area contributed by atoms with Crippen molar-refractivity contribution >= 4 is 5.97 Å². The molecule has 0 aromatic heterocycles. The lowest BCUT2D eigenvalue weighted by atomic mass is 10.3. The minimum absolute atomic E-state index is 0. The number of hydrogen-bond acceptors (Lipinski definition) is 2. The Morgan fingerprint density at radius 3 is 1.82 bits per heavy atom. The monoisotopic (exact) mass is 246 g/mol. The van der Waals surface area contributed by atoms with Crippen molar-refractivity contribution in [3.63, 3.8) is 0 Å². The molecule has 0 unspecified atom stereocenters. The fourth-order valence-electron chi connectivity index (χ4n) is 0.710. The predicted octanol–water partition coefficient (Wildman–Crippen LogP) is 4.03. The third-order valence-corrected chi connectivity index (χ3v) is 1.39. The number of aliphatic hydroxyl groups is 1. The summed E-state index contributed by atoms with van der Waals surface area (Å²) in [5, 5.41) is 16.3. The molecular formula is C14H30O3. The van der Waals surface area contributed by atoms with Crippen LogP contribution in [0.2, 0.25) is 0 Å². The largest absolute Gasteiger partial charge is 0.481 e. The van der Waals surface area contributed by atoms with Gasteiger partial charge in [-0.15, -0.1) is 0 Å². The van der Waals surface area contributed by atoms with Crippen LogP contribution in [-0.4, -0.2) is 22.8 Å². The zero-order chi connectivity index (χ0) is 11.9. The number of allylic oxidation sites excluding steroid dienone is 2. The first-order valence-electron chi connectivity index (χ1n) is 5.31.